The molecule has 2 aromatic carbocycles. The van der Waals surface area contributed by atoms with Crippen molar-refractivity contribution in [1.29, 1.82) is 0 Å². The molecule has 0 saturated carbocycles. The molecule has 4 heterocycles. The van der Waals surface area contributed by atoms with E-state index in [4.69, 9.17) is 4.74 Å². The summed E-state index contributed by atoms with van der Waals surface area (Å²) in [6.45, 7) is 7.17. The van der Waals surface area contributed by atoms with Gasteiger partial charge in [-0.3, -0.25) is 4.79 Å². The first-order chi connectivity index (χ1) is 17.7. The molecule has 2 saturated heterocycles. The lowest BCUT2D eigenvalue weighted by Crippen LogP contribution is -2.43. The zero-order valence-corrected chi connectivity index (χ0v) is 20.1. The molecule has 0 radical (unpaired) electrons. The predicted molar refractivity (Wildman–Crippen MR) is 141 cm³/mol. The Kier molecular flexibility index (Phi) is 6.23. The van der Waals surface area contributed by atoms with E-state index in [0.717, 1.165) is 61.8 Å². The van der Waals surface area contributed by atoms with Crippen LogP contribution in [0, 0.1) is 0 Å². The van der Waals surface area contributed by atoms with E-state index >= 15 is 0 Å². The number of nitrogens with zero attached hydrogens (tertiary/aromatic N) is 5. The quantitative estimate of drug-likeness (QED) is 0.451. The lowest BCUT2D eigenvalue weighted by molar-refractivity contribution is 0.102. The minimum Gasteiger partial charge on any atom is -0.378 e. The SMILES string of the molecule is O=C(Nc1cccc(N2CCOCC2)c1)c1cc2ncc(-c3ccc(N4CCNCC4)cc3)cn2n1. The monoisotopic (exact) mass is 483 g/mol. The van der Waals surface area contributed by atoms with Crippen LogP contribution < -0.4 is 20.4 Å². The minimum atomic E-state index is -0.262. The summed E-state index contributed by atoms with van der Waals surface area (Å²) < 4.78 is 7.10. The van der Waals surface area contributed by atoms with Gasteiger partial charge in [0.15, 0.2) is 11.3 Å². The number of ether oxygens (including phenoxy) is 1. The minimum absolute atomic E-state index is 0.262. The van der Waals surface area contributed by atoms with Gasteiger partial charge in [0.1, 0.15) is 0 Å². The Labute approximate surface area is 209 Å². The van der Waals surface area contributed by atoms with Gasteiger partial charge in [-0.1, -0.05) is 18.2 Å². The number of nitrogens with one attached hydrogen (secondary N) is 2. The van der Waals surface area contributed by atoms with Crippen molar-refractivity contribution in [2.24, 2.45) is 0 Å². The van der Waals surface area contributed by atoms with Crippen LogP contribution in [0.2, 0.25) is 0 Å². The van der Waals surface area contributed by atoms with Crippen LogP contribution in [-0.2, 0) is 4.74 Å². The van der Waals surface area contributed by atoms with E-state index in [1.54, 1.807) is 10.6 Å². The van der Waals surface area contributed by atoms with E-state index in [2.05, 4.69) is 54.8 Å². The van der Waals surface area contributed by atoms with Gasteiger partial charge < -0.3 is 25.2 Å². The average molecular weight is 484 g/mol. The van der Waals surface area contributed by atoms with Gasteiger partial charge in [0, 0.05) is 80.4 Å². The summed E-state index contributed by atoms with van der Waals surface area (Å²) in [5.41, 5.74) is 5.99. The Morgan fingerprint density at radius 3 is 2.47 bits per heavy atom. The summed E-state index contributed by atoms with van der Waals surface area (Å²) >= 11 is 0. The molecule has 0 bridgehead atoms. The molecule has 36 heavy (non-hydrogen) atoms. The van der Waals surface area contributed by atoms with E-state index in [-0.39, 0.29) is 5.91 Å². The molecular weight excluding hydrogens is 454 g/mol. The number of anilines is 3. The molecule has 1 amide bonds. The Morgan fingerprint density at radius 2 is 1.67 bits per heavy atom. The highest BCUT2D eigenvalue weighted by atomic mass is 16.5. The van der Waals surface area contributed by atoms with Gasteiger partial charge in [0.05, 0.1) is 13.2 Å². The largest absolute Gasteiger partial charge is 0.378 e. The molecule has 0 spiro atoms. The van der Waals surface area contributed by atoms with Crippen molar-refractivity contribution in [2.45, 2.75) is 0 Å². The number of morpholine rings is 1. The van der Waals surface area contributed by atoms with Crippen molar-refractivity contribution in [3.63, 3.8) is 0 Å². The van der Waals surface area contributed by atoms with Gasteiger partial charge in [-0.2, -0.15) is 5.10 Å². The normalized spacial score (nSPS) is 16.3. The summed E-state index contributed by atoms with van der Waals surface area (Å²) in [4.78, 5) is 22.1. The molecule has 9 nitrogen and oxygen atoms in total. The fourth-order valence-corrected chi connectivity index (χ4v) is 4.72. The van der Waals surface area contributed by atoms with Crippen LogP contribution >= 0.6 is 0 Å². The number of carbonyl (C=O) groups excluding carboxylic acids is 1. The van der Waals surface area contributed by atoms with Gasteiger partial charge >= 0.3 is 0 Å². The Hall–Kier alpha value is -3.95. The number of hydrogen-bond acceptors (Lipinski definition) is 7. The van der Waals surface area contributed by atoms with Crippen molar-refractivity contribution >= 4 is 28.6 Å². The van der Waals surface area contributed by atoms with Gasteiger partial charge in [0.25, 0.3) is 5.91 Å². The summed E-state index contributed by atoms with van der Waals surface area (Å²) in [5, 5.41) is 10.9. The number of amides is 1. The van der Waals surface area contributed by atoms with Gasteiger partial charge in [-0.15, -0.1) is 0 Å². The van der Waals surface area contributed by atoms with Crippen LogP contribution in [0.1, 0.15) is 10.5 Å². The van der Waals surface area contributed by atoms with E-state index in [1.807, 2.05) is 36.7 Å². The highest BCUT2D eigenvalue weighted by Gasteiger charge is 2.15. The predicted octanol–water partition coefficient (Wildman–Crippen LogP) is 2.89. The smallest absolute Gasteiger partial charge is 0.276 e. The lowest BCUT2D eigenvalue weighted by Gasteiger charge is -2.29. The van der Waals surface area contributed by atoms with Crippen molar-refractivity contribution in [2.75, 3.05) is 67.6 Å². The third-order valence-corrected chi connectivity index (χ3v) is 6.71. The second-order valence-corrected chi connectivity index (χ2v) is 9.06. The molecule has 2 aromatic heterocycles. The number of rotatable bonds is 5. The highest BCUT2D eigenvalue weighted by Crippen LogP contribution is 2.24. The van der Waals surface area contributed by atoms with Crippen LogP contribution in [0.15, 0.2) is 67.0 Å². The number of benzene rings is 2. The number of piperazine rings is 1. The second kappa shape index (κ2) is 9.96. The van der Waals surface area contributed by atoms with E-state index in [9.17, 15) is 4.79 Å². The first kappa shape index (κ1) is 22.5. The maximum atomic E-state index is 13.0. The highest BCUT2D eigenvalue weighted by molar-refractivity contribution is 6.03. The van der Waals surface area contributed by atoms with Crippen LogP contribution in [-0.4, -0.2) is 73.0 Å². The molecule has 2 aliphatic rings. The summed E-state index contributed by atoms with van der Waals surface area (Å²) in [5.74, 6) is -0.262. The molecular formula is C27H29N7O2. The number of aromatic nitrogens is 3. The third-order valence-electron chi connectivity index (χ3n) is 6.71. The first-order valence-electron chi connectivity index (χ1n) is 12.4. The molecule has 0 atom stereocenters. The van der Waals surface area contributed by atoms with E-state index < -0.39 is 0 Å². The van der Waals surface area contributed by atoms with Crippen LogP contribution in [0.3, 0.4) is 0 Å². The lowest BCUT2D eigenvalue weighted by atomic mass is 10.1. The Balaban J connectivity index is 1.17. The summed E-state index contributed by atoms with van der Waals surface area (Å²) in [7, 11) is 0. The zero-order valence-electron chi connectivity index (χ0n) is 20.1. The van der Waals surface area contributed by atoms with Crippen molar-refractivity contribution < 1.29 is 9.53 Å². The van der Waals surface area contributed by atoms with Crippen molar-refractivity contribution in [1.82, 2.24) is 19.9 Å². The molecule has 9 heteroatoms. The summed E-state index contributed by atoms with van der Waals surface area (Å²) in [6, 6.07) is 18.1. The van der Waals surface area contributed by atoms with Crippen LogP contribution in [0.25, 0.3) is 16.8 Å². The Morgan fingerprint density at radius 1 is 0.889 bits per heavy atom. The van der Waals surface area contributed by atoms with Crippen molar-refractivity contribution in [3.8, 4) is 11.1 Å². The van der Waals surface area contributed by atoms with Crippen molar-refractivity contribution in [3.05, 3.63) is 72.7 Å². The van der Waals surface area contributed by atoms with Crippen LogP contribution in [0.5, 0.6) is 0 Å². The summed E-state index contributed by atoms with van der Waals surface area (Å²) in [6.07, 6.45) is 3.74. The first-order valence-corrected chi connectivity index (χ1v) is 12.4. The Bertz CT molecular complexity index is 1360. The maximum absolute atomic E-state index is 13.0. The molecule has 2 fully saturated rings. The molecule has 2 aliphatic heterocycles. The molecule has 4 aromatic rings. The van der Waals surface area contributed by atoms with Gasteiger partial charge in [-0.05, 0) is 35.9 Å². The zero-order chi connectivity index (χ0) is 24.3. The second-order valence-electron chi connectivity index (χ2n) is 9.06. The van der Waals surface area contributed by atoms with Gasteiger partial charge in [0.2, 0.25) is 0 Å². The standard InChI is InChI=1S/C27H29N7O2/c35-27(30-22-2-1-3-24(16-22)33-12-14-36-15-13-33)25-17-26-29-18-21(19-34(26)31-25)20-4-6-23(7-5-20)32-10-8-28-9-11-32/h1-7,16-19,28H,8-15H2,(H,30,35). The van der Waals surface area contributed by atoms with Gasteiger partial charge in [-0.25, -0.2) is 9.50 Å². The fourth-order valence-electron chi connectivity index (χ4n) is 4.72. The maximum Gasteiger partial charge on any atom is 0.276 e. The fraction of sp³-hybridized carbons (Fsp3) is 0.296. The average Bonchev–Trinajstić information content (AvgIpc) is 3.38. The van der Waals surface area contributed by atoms with E-state index in [1.165, 1.54) is 5.69 Å². The number of fused-ring (bicyclic) bond motifs is 1. The topological polar surface area (TPSA) is 87.0 Å². The number of carbonyl (C=O) groups is 1. The van der Waals surface area contributed by atoms with Crippen LogP contribution in [0.4, 0.5) is 17.1 Å². The molecule has 0 unspecified atom stereocenters. The molecule has 184 valence electrons. The third kappa shape index (κ3) is 4.75. The molecule has 6 rings (SSSR count). The molecule has 0 aliphatic carbocycles. The molecule has 2 N–H and O–H groups in total. The van der Waals surface area contributed by atoms with E-state index in [0.29, 0.717) is 24.6 Å². The number of hydrogen-bond donors (Lipinski definition) is 2.